The highest BCUT2D eigenvalue weighted by Gasteiger charge is 2.28. The molecule has 0 saturated carbocycles. The van der Waals surface area contributed by atoms with Crippen molar-refractivity contribution >= 4 is 17.8 Å². The summed E-state index contributed by atoms with van der Waals surface area (Å²) in [6, 6.07) is 3.50. The number of pyridine rings is 1. The Hall–Kier alpha value is -3.27. The van der Waals surface area contributed by atoms with Crippen molar-refractivity contribution in [3.63, 3.8) is 0 Å². The lowest BCUT2D eigenvalue weighted by atomic mass is 10.0. The molecule has 10 nitrogen and oxygen atoms in total. The van der Waals surface area contributed by atoms with E-state index in [1.165, 1.54) is 0 Å². The van der Waals surface area contributed by atoms with E-state index in [0.29, 0.717) is 38.5 Å². The first-order valence-electron chi connectivity index (χ1n) is 10.5. The van der Waals surface area contributed by atoms with E-state index in [-0.39, 0.29) is 19.2 Å². The number of morpholine rings is 1. The molecular weight excluding hydrogens is 400 g/mol. The molecule has 2 aliphatic rings. The average molecular weight is 426 g/mol. The number of hydrogen-bond donors (Lipinski definition) is 1. The molecule has 0 bridgehead atoms. The fourth-order valence-corrected chi connectivity index (χ4v) is 3.70. The third-order valence-corrected chi connectivity index (χ3v) is 5.25. The summed E-state index contributed by atoms with van der Waals surface area (Å²) in [5, 5.41) is 2.63. The molecule has 164 valence electrons. The van der Waals surface area contributed by atoms with Gasteiger partial charge >= 0.3 is 12.0 Å². The highest BCUT2D eigenvalue weighted by atomic mass is 16.5. The van der Waals surface area contributed by atoms with Crippen LogP contribution in [-0.2, 0) is 27.2 Å². The number of nitrogens with zero attached hydrogens (tertiary/aromatic N) is 5. The molecule has 31 heavy (non-hydrogen) atoms. The summed E-state index contributed by atoms with van der Waals surface area (Å²) in [6.07, 6.45) is 4.08. The van der Waals surface area contributed by atoms with Gasteiger partial charge in [0.1, 0.15) is 12.4 Å². The molecule has 0 atom stereocenters. The lowest BCUT2D eigenvalue weighted by Crippen LogP contribution is -2.46. The SMILES string of the molecule is CCOC(=O)CNC(=O)N1CCc2nc(-c3cccnc3)nc(N3CCOCC3)c2C1. The van der Waals surface area contributed by atoms with Gasteiger partial charge in [-0.3, -0.25) is 9.78 Å². The normalized spacial score (nSPS) is 15.9. The second-order valence-corrected chi connectivity index (χ2v) is 7.27. The Bertz CT molecular complexity index is 933. The Balaban J connectivity index is 1.59. The average Bonchev–Trinajstić information content (AvgIpc) is 2.83. The summed E-state index contributed by atoms with van der Waals surface area (Å²) in [7, 11) is 0. The molecule has 0 unspecified atom stereocenters. The summed E-state index contributed by atoms with van der Waals surface area (Å²) in [5.74, 6) is 1.01. The first-order chi connectivity index (χ1) is 15.2. The molecule has 10 heteroatoms. The van der Waals surface area contributed by atoms with E-state index in [2.05, 4.69) is 15.2 Å². The van der Waals surface area contributed by atoms with Crippen molar-refractivity contribution in [2.24, 2.45) is 0 Å². The molecule has 2 amide bonds. The topological polar surface area (TPSA) is 110 Å². The molecule has 2 aromatic heterocycles. The van der Waals surface area contributed by atoms with Crippen molar-refractivity contribution in [2.45, 2.75) is 19.9 Å². The Morgan fingerprint density at radius 2 is 2.06 bits per heavy atom. The van der Waals surface area contributed by atoms with E-state index in [1.807, 2.05) is 12.1 Å². The van der Waals surface area contributed by atoms with Crippen LogP contribution in [0.3, 0.4) is 0 Å². The van der Waals surface area contributed by atoms with Gasteiger partial charge in [0.2, 0.25) is 0 Å². The van der Waals surface area contributed by atoms with Gasteiger partial charge in [0.25, 0.3) is 0 Å². The smallest absolute Gasteiger partial charge is 0.325 e. The third kappa shape index (κ3) is 4.91. The Kier molecular flexibility index (Phi) is 6.56. The minimum absolute atomic E-state index is 0.150. The molecule has 1 fully saturated rings. The van der Waals surface area contributed by atoms with Crippen LogP contribution in [0.25, 0.3) is 11.4 Å². The Morgan fingerprint density at radius 3 is 2.81 bits per heavy atom. The van der Waals surface area contributed by atoms with Gasteiger partial charge in [-0.2, -0.15) is 0 Å². The number of rotatable bonds is 5. The zero-order valence-electron chi connectivity index (χ0n) is 17.5. The van der Waals surface area contributed by atoms with Crippen LogP contribution < -0.4 is 10.2 Å². The number of amides is 2. The number of anilines is 1. The quantitative estimate of drug-likeness (QED) is 0.706. The molecule has 0 radical (unpaired) electrons. The van der Waals surface area contributed by atoms with Crippen molar-refractivity contribution < 1.29 is 19.1 Å². The summed E-state index contributed by atoms with van der Waals surface area (Å²) < 4.78 is 10.4. The monoisotopic (exact) mass is 426 g/mol. The van der Waals surface area contributed by atoms with E-state index < -0.39 is 5.97 Å². The minimum Gasteiger partial charge on any atom is -0.465 e. The number of urea groups is 1. The van der Waals surface area contributed by atoms with E-state index in [1.54, 1.807) is 24.2 Å². The zero-order valence-corrected chi connectivity index (χ0v) is 17.5. The lowest BCUT2D eigenvalue weighted by molar-refractivity contribution is -0.141. The molecule has 0 spiro atoms. The van der Waals surface area contributed by atoms with Gasteiger partial charge in [-0.25, -0.2) is 14.8 Å². The fourth-order valence-electron chi connectivity index (χ4n) is 3.70. The van der Waals surface area contributed by atoms with Gasteiger partial charge < -0.3 is 24.6 Å². The number of carbonyl (C=O) groups excluding carboxylic acids is 2. The van der Waals surface area contributed by atoms with Gasteiger partial charge in [-0.1, -0.05) is 0 Å². The number of nitrogens with one attached hydrogen (secondary N) is 1. The molecule has 2 aliphatic heterocycles. The third-order valence-electron chi connectivity index (χ3n) is 5.25. The van der Waals surface area contributed by atoms with Crippen LogP contribution >= 0.6 is 0 Å². The second kappa shape index (κ2) is 9.69. The number of esters is 1. The van der Waals surface area contributed by atoms with Crippen molar-refractivity contribution in [2.75, 3.05) is 50.9 Å². The van der Waals surface area contributed by atoms with Gasteiger partial charge in [-0.15, -0.1) is 0 Å². The summed E-state index contributed by atoms with van der Waals surface area (Å²) in [4.78, 5) is 41.9. The number of aromatic nitrogens is 3. The van der Waals surface area contributed by atoms with E-state index in [9.17, 15) is 9.59 Å². The molecule has 4 heterocycles. The molecule has 2 aromatic rings. The van der Waals surface area contributed by atoms with Crippen LogP contribution in [0.1, 0.15) is 18.2 Å². The predicted octanol–water partition coefficient (Wildman–Crippen LogP) is 1.01. The maximum absolute atomic E-state index is 12.6. The van der Waals surface area contributed by atoms with Gasteiger partial charge in [0.15, 0.2) is 5.82 Å². The maximum atomic E-state index is 12.6. The fraction of sp³-hybridized carbons (Fsp3) is 0.476. The van der Waals surface area contributed by atoms with Gasteiger partial charge in [-0.05, 0) is 19.1 Å². The summed E-state index contributed by atoms with van der Waals surface area (Å²) in [5.41, 5.74) is 2.73. The highest BCUT2D eigenvalue weighted by molar-refractivity contribution is 5.81. The summed E-state index contributed by atoms with van der Waals surface area (Å²) >= 11 is 0. The largest absolute Gasteiger partial charge is 0.465 e. The van der Waals surface area contributed by atoms with Crippen LogP contribution in [-0.4, -0.2) is 77.9 Å². The van der Waals surface area contributed by atoms with Crippen LogP contribution in [0.2, 0.25) is 0 Å². The Morgan fingerprint density at radius 1 is 1.23 bits per heavy atom. The summed E-state index contributed by atoms with van der Waals surface area (Å²) in [6.45, 7) is 5.46. The minimum atomic E-state index is -0.452. The molecule has 4 rings (SSSR count). The standard InChI is InChI=1S/C21H26N6O4/c1-2-31-18(28)13-23-21(29)27-7-5-17-16(14-27)20(26-8-10-30-11-9-26)25-19(24-17)15-4-3-6-22-12-15/h3-4,6,12H,2,5,7-11,13-14H2,1H3,(H,23,29). The van der Waals surface area contributed by atoms with Crippen molar-refractivity contribution in [1.82, 2.24) is 25.2 Å². The highest BCUT2D eigenvalue weighted by Crippen LogP contribution is 2.30. The van der Waals surface area contributed by atoms with E-state index >= 15 is 0 Å². The second-order valence-electron chi connectivity index (χ2n) is 7.27. The first-order valence-corrected chi connectivity index (χ1v) is 10.5. The number of carbonyl (C=O) groups is 2. The lowest BCUT2D eigenvalue weighted by Gasteiger charge is -2.34. The van der Waals surface area contributed by atoms with Crippen LogP contribution in [0.15, 0.2) is 24.5 Å². The van der Waals surface area contributed by atoms with E-state index in [4.69, 9.17) is 19.4 Å². The molecular formula is C21H26N6O4. The van der Waals surface area contributed by atoms with E-state index in [0.717, 1.165) is 35.7 Å². The molecule has 0 aliphatic carbocycles. The Labute approximate surface area is 180 Å². The first kappa shape index (κ1) is 21.0. The van der Waals surface area contributed by atoms with Crippen molar-refractivity contribution in [3.05, 3.63) is 35.8 Å². The molecule has 1 saturated heterocycles. The zero-order chi connectivity index (χ0) is 21.6. The van der Waals surface area contributed by atoms with Gasteiger partial charge in [0, 0.05) is 49.6 Å². The maximum Gasteiger partial charge on any atom is 0.325 e. The van der Waals surface area contributed by atoms with Crippen molar-refractivity contribution in [1.29, 1.82) is 0 Å². The molecule has 0 aromatic carbocycles. The van der Waals surface area contributed by atoms with Crippen LogP contribution in [0.4, 0.5) is 10.6 Å². The number of hydrogen-bond acceptors (Lipinski definition) is 8. The van der Waals surface area contributed by atoms with Gasteiger partial charge in [0.05, 0.1) is 32.1 Å². The number of fused-ring (bicyclic) bond motifs is 1. The number of ether oxygens (including phenoxy) is 2. The van der Waals surface area contributed by atoms with Crippen molar-refractivity contribution in [3.8, 4) is 11.4 Å². The van der Waals surface area contributed by atoms with Crippen LogP contribution in [0, 0.1) is 0 Å². The molecule has 1 N–H and O–H groups in total. The predicted molar refractivity (Wildman–Crippen MR) is 112 cm³/mol. The van der Waals surface area contributed by atoms with Crippen LogP contribution in [0.5, 0.6) is 0 Å².